The van der Waals surface area contributed by atoms with Crippen molar-refractivity contribution in [2.75, 3.05) is 13.1 Å². The van der Waals surface area contributed by atoms with Gasteiger partial charge in [0, 0.05) is 13.1 Å². The molecule has 0 aliphatic heterocycles. The van der Waals surface area contributed by atoms with E-state index in [-0.39, 0.29) is 5.91 Å². The number of thiocarbonyl (C=S) groups is 1. The van der Waals surface area contributed by atoms with E-state index in [9.17, 15) is 4.79 Å². The topological polar surface area (TPSA) is 46.3 Å². The summed E-state index contributed by atoms with van der Waals surface area (Å²) in [6.45, 7) is 6.00. The van der Waals surface area contributed by atoms with Crippen molar-refractivity contribution in [3.05, 3.63) is 0 Å². The summed E-state index contributed by atoms with van der Waals surface area (Å²) >= 11 is 5.22. The first-order valence-electron chi connectivity index (χ1n) is 7.67. The number of hydrogen-bond donors (Lipinski definition) is 1. The largest absolute Gasteiger partial charge is 0.392 e. The molecule has 1 aliphatic rings. The Labute approximate surface area is 122 Å². The van der Waals surface area contributed by atoms with E-state index in [1.54, 1.807) is 0 Å². The molecule has 0 atom stereocenters. The van der Waals surface area contributed by atoms with Crippen molar-refractivity contribution >= 4 is 23.1 Å². The second kappa shape index (κ2) is 7.83. The highest BCUT2D eigenvalue weighted by Gasteiger charge is 2.45. The first-order chi connectivity index (χ1) is 9.08. The third kappa shape index (κ3) is 3.91. The molecule has 19 heavy (non-hydrogen) atoms. The van der Waals surface area contributed by atoms with Gasteiger partial charge in [0.2, 0.25) is 5.91 Å². The Bertz CT molecular complexity index is 303. The minimum Gasteiger partial charge on any atom is -0.392 e. The van der Waals surface area contributed by atoms with E-state index >= 15 is 0 Å². The van der Waals surface area contributed by atoms with Gasteiger partial charge in [-0.3, -0.25) is 4.79 Å². The third-order valence-electron chi connectivity index (χ3n) is 4.19. The van der Waals surface area contributed by atoms with Gasteiger partial charge in [0.25, 0.3) is 0 Å². The molecule has 3 nitrogen and oxygen atoms in total. The molecular formula is C15H28N2OS. The van der Waals surface area contributed by atoms with Gasteiger partial charge in [-0.15, -0.1) is 0 Å². The van der Waals surface area contributed by atoms with Crippen LogP contribution in [0.1, 0.15) is 65.2 Å². The van der Waals surface area contributed by atoms with E-state index in [4.69, 9.17) is 18.0 Å². The maximum absolute atomic E-state index is 12.9. The highest BCUT2D eigenvalue weighted by atomic mass is 32.1. The van der Waals surface area contributed by atoms with Crippen molar-refractivity contribution in [2.45, 2.75) is 65.2 Å². The highest BCUT2D eigenvalue weighted by molar-refractivity contribution is 7.80. The van der Waals surface area contributed by atoms with E-state index in [1.165, 1.54) is 0 Å². The Balaban J connectivity index is 2.80. The van der Waals surface area contributed by atoms with Crippen LogP contribution in [-0.2, 0) is 4.79 Å². The summed E-state index contributed by atoms with van der Waals surface area (Å²) in [4.78, 5) is 15.3. The van der Waals surface area contributed by atoms with Crippen LogP contribution in [0.4, 0.5) is 0 Å². The van der Waals surface area contributed by atoms with E-state index in [1.807, 2.05) is 4.90 Å². The summed E-state index contributed by atoms with van der Waals surface area (Å²) < 4.78 is 0. The molecule has 110 valence electrons. The smallest absolute Gasteiger partial charge is 0.235 e. The third-order valence-corrected chi connectivity index (χ3v) is 4.58. The van der Waals surface area contributed by atoms with Crippen LogP contribution in [-0.4, -0.2) is 28.9 Å². The van der Waals surface area contributed by atoms with Gasteiger partial charge in [0.05, 0.1) is 10.4 Å². The lowest BCUT2D eigenvalue weighted by Gasteiger charge is -2.33. The summed E-state index contributed by atoms with van der Waals surface area (Å²) in [6, 6.07) is 0. The number of rotatable bonds is 8. The maximum atomic E-state index is 12.9. The van der Waals surface area contributed by atoms with E-state index in [2.05, 4.69) is 13.8 Å². The molecule has 2 N–H and O–H groups in total. The summed E-state index contributed by atoms with van der Waals surface area (Å²) in [6.07, 6.45) is 8.15. The predicted molar refractivity (Wildman–Crippen MR) is 84.1 cm³/mol. The van der Waals surface area contributed by atoms with Crippen molar-refractivity contribution in [3.63, 3.8) is 0 Å². The Morgan fingerprint density at radius 1 is 1.16 bits per heavy atom. The van der Waals surface area contributed by atoms with Crippen LogP contribution < -0.4 is 5.73 Å². The van der Waals surface area contributed by atoms with Gasteiger partial charge in [-0.25, -0.2) is 0 Å². The number of nitrogens with two attached hydrogens (primary N) is 1. The van der Waals surface area contributed by atoms with Gasteiger partial charge >= 0.3 is 0 Å². The molecule has 1 fully saturated rings. The molecule has 0 heterocycles. The predicted octanol–water partition coefficient (Wildman–Crippen LogP) is 3.26. The zero-order valence-electron chi connectivity index (χ0n) is 12.4. The summed E-state index contributed by atoms with van der Waals surface area (Å²) in [5, 5.41) is 0. The molecule has 0 aromatic heterocycles. The normalized spacial score (nSPS) is 17.4. The summed E-state index contributed by atoms with van der Waals surface area (Å²) in [7, 11) is 0. The van der Waals surface area contributed by atoms with Gasteiger partial charge in [-0.1, -0.05) is 51.7 Å². The standard InChI is InChI=1S/C15H28N2OS/c1-3-5-11-17(12-6-4-2)14(18)15(13(16)19)9-7-8-10-15/h3-12H2,1-2H3,(H2,16,19). The number of nitrogens with zero attached hydrogens (tertiary/aromatic N) is 1. The van der Waals surface area contributed by atoms with Crippen LogP contribution in [0, 0.1) is 5.41 Å². The molecule has 0 aromatic rings. The molecule has 1 aliphatic carbocycles. The first kappa shape index (κ1) is 16.4. The number of carbonyl (C=O) groups is 1. The average molecular weight is 284 g/mol. The van der Waals surface area contributed by atoms with Crippen molar-refractivity contribution in [1.29, 1.82) is 0 Å². The average Bonchev–Trinajstić information content (AvgIpc) is 2.89. The minimum absolute atomic E-state index is 0.194. The van der Waals surface area contributed by atoms with Crippen LogP contribution >= 0.6 is 12.2 Å². The number of hydrogen-bond acceptors (Lipinski definition) is 2. The molecule has 1 rings (SSSR count). The minimum atomic E-state index is -0.531. The van der Waals surface area contributed by atoms with Gasteiger partial charge in [0.1, 0.15) is 0 Å². The lowest BCUT2D eigenvalue weighted by molar-refractivity contribution is -0.138. The molecule has 1 amide bonds. The lowest BCUT2D eigenvalue weighted by Crippen LogP contribution is -2.49. The van der Waals surface area contributed by atoms with Gasteiger partial charge in [-0.2, -0.15) is 0 Å². The van der Waals surface area contributed by atoms with Crippen molar-refractivity contribution in [1.82, 2.24) is 4.90 Å². The Morgan fingerprint density at radius 2 is 1.63 bits per heavy atom. The second-order valence-corrected chi connectivity index (χ2v) is 6.09. The zero-order chi connectivity index (χ0) is 14.3. The summed E-state index contributed by atoms with van der Waals surface area (Å²) in [5.74, 6) is 0.194. The first-order valence-corrected chi connectivity index (χ1v) is 8.08. The number of unbranched alkanes of at least 4 members (excludes halogenated alkanes) is 2. The Morgan fingerprint density at radius 3 is 2.00 bits per heavy atom. The monoisotopic (exact) mass is 284 g/mol. The van der Waals surface area contributed by atoms with Crippen molar-refractivity contribution < 1.29 is 4.79 Å². The van der Waals surface area contributed by atoms with E-state index in [0.29, 0.717) is 4.99 Å². The van der Waals surface area contributed by atoms with E-state index in [0.717, 1.165) is 64.5 Å². The number of amides is 1. The SMILES string of the molecule is CCCCN(CCCC)C(=O)C1(C(N)=S)CCCC1. The fraction of sp³-hybridized carbons (Fsp3) is 0.867. The van der Waals surface area contributed by atoms with Crippen LogP contribution in [0.15, 0.2) is 0 Å². The molecule has 1 saturated carbocycles. The van der Waals surface area contributed by atoms with Gasteiger partial charge < -0.3 is 10.6 Å². The fourth-order valence-corrected chi connectivity index (χ4v) is 3.15. The van der Waals surface area contributed by atoms with Crippen molar-refractivity contribution in [3.8, 4) is 0 Å². The summed E-state index contributed by atoms with van der Waals surface area (Å²) in [5.41, 5.74) is 5.38. The Hall–Kier alpha value is -0.640. The molecule has 0 spiro atoms. The van der Waals surface area contributed by atoms with Crippen LogP contribution in [0.2, 0.25) is 0 Å². The maximum Gasteiger partial charge on any atom is 0.235 e. The molecule has 0 radical (unpaired) electrons. The molecule has 0 saturated heterocycles. The zero-order valence-corrected chi connectivity index (χ0v) is 13.2. The van der Waals surface area contributed by atoms with Gasteiger partial charge in [-0.05, 0) is 25.7 Å². The molecular weight excluding hydrogens is 256 g/mol. The lowest BCUT2D eigenvalue weighted by atomic mass is 9.84. The fourth-order valence-electron chi connectivity index (χ4n) is 2.86. The molecule has 0 aromatic carbocycles. The highest BCUT2D eigenvalue weighted by Crippen LogP contribution is 2.40. The van der Waals surface area contributed by atoms with E-state index < -0.39 is 5.41 Å². The van der Waals surface area contributed by atoms with Crippen LogP contribution in [0.3, 0.4) is 0 Å². The second-order valence-electron chi connectivity index (χ2n) is 5.65. The quantitative estimate of drug-likeness (QED) is 0.696. The molecule has 4 heteroatoms. The number of carbonyl (C=O) groups excluding carboxylic acids is 1. The van der Waals surface area contributed by atoms with Gasteiger partial charge in [0.15, 0.2) is 0 Å². The van der Waals surface area contributed by atoms with Crippen LogP contribution in [0.5, 0.6) is 0 Å². The van der Waals surface area contributed by atoms with Crippen LogP contribution in [0.25, 0.3) is 0 Å². The van der Waals surface area contributed by atoms with Crippen molar-refractivity contribution in [2.24, 2.45) is 11.1 Å². The molecule has 0 unspecified atom stereocenters. The molecule has 0 bridgehead atoms. The Kier molecular flexibility index (Phi) is 6.76.